The molecule has 0 aliphatic carbocycles. The lowest BCUT2D eigenvalue weighted by molar-refractivity contribution is 0.388. The number of rotatable bonds is 2. The molecule has 0 amide bonds. The number of aryl methyl sites for hydroxylation is 1. The molecule has 18 heavy (non-hydrogen) atoms. The quantitative estimate of drug-likeness (QED) is 0.714. The second-order valence-corrected chi connectivity index (χ2v) is 4.14. The Bertz CT molecular complexity index is 771. The van der Waals surface area contributed by atoms with Crippen LogP contribution in [0, 0.1) is 0 Å². The molecule has 0 spiro atoms. The summed E-state index contributed by atoms with van der Waals surface area (Å²) in [6.45, 7) is 0. The number of aromatic amines is 1. The van der Waals surface area contributed by atoms with Gasteiger partial charge in [-0.1, -0.05) is 5.16 Å². The van der Waals surface area contributed by atoms with Gasteiger partial charge < -0.3 is 4.57 Å². The predicted molar refractivity (Wildman–Crippen MR) is 66.4 cm³/mol. The zero-order valence-electron chi connectivity index (χ0n) is 9.48. The molecule has 0 unspecified atom stereocenters. The highest BCUT2D eigenvalue weighted by atomic mass is 35.5. The minimum atomic E-state index is -0.573. The Morgan fingerprint density at radius 2 is 2.33 bits per heavy atom. The minimum absolute atomic E-state index is 0.349. The average Bonchev–Trinajstić information content (AvgIpc) is 2.94. The Morgan fingerprint density at radius 1 is 1.50 bits per heavy atom. The zero-order valence-corrected chi connectivity index (χ0v) is 10.2. The number of fused-ring (bicyclic) bond motifs is 1. The van der Waals surface area contributed by atoms with Gasteiger partial charge in [-0.2, -0.15) is 0 Å². The first-order valence-corrected chi connectivity index (χ1v) is 5.80. The summed E-state index contributed by atoms with van der Waals surface area (Å²) in [5.41, 5.74) is 2.53. The van der Waals surface area contributed by atoms with Gasteiger partial charge >= 0.3 is 5.76 Å². The van der Waals surface area contributed by atoms with E-state index in [9.17, 15) is 4.79 Å². The first kappa shape index (κ1) is 11.0. The van der Waals surface area contributed by atoms with E-state index in [1.165, 1.54) is 0 Å². The fourth-order valence-electron chi connectivity index (χ4n) is 1.86. The highest BCUT2D eigenvalue weighted by molar-refractivity contribution is 6.16. The van der Waals surface area contributed by atoms with Crippen molar-refractivity contribution in [1.29, 1.82) is 0 Å². The van der Waals surface area contributed by atoms with Crippen molar-refractivity contribution < 1.29 is 4.52 Å². The maximum atomic E-state index is 10.9. The van der Waals surface area contributed by atoms with Crippen LogP contribution >= 0.6 is 11.6 Å². The summed E-state index contributed by atoms with van der Waals surface area (Å²) in [6, 6.07) is 5.56. The summed E-state index contributed by atoms with van der Waals surface area (Å²) in [6.07, 6.45) is 0. The van der Waals surface area contributed by atoms with E-state index in [0.717, 1.165) is 22.4 Å². The van der Waals surface area contributed by atoms with E-state index in [1.807, 2.05) is 29.8 Å². The molecule has 0 aliphatic heterocycles. The summed E-state index contributed by atoms with van der Waals surface area (Å²) in [7, 11) is 1.89. The monoisotopic (exact) mass is 264 g/mol. The fraction of sp³-hybridized carbons (Fsp3) is 0.182. The van der Waals surface area contributed by atoms with Crippen LogP contribution in [0.1, 0.15) is 5.82 Å². The number of benzene rings is 1. The standard InChI is InChI=1S/C11H9ClN4O2/c1-16-8-4-6(10-14-11(17)18-15-10)2-3-7(8)13-9(16)5-12/h2-4H,5H2,1H3,(H,14,15,17). The molecular weight excluding hydrogens is 256 g/mol. The van der Waals surface area contributed by atoms with Gasteiger partial charge in [-0.15, -0.1) is 11.6 Å². The maximum absolute atomic E-state index is 10.9. The molecule has 0 saturated heterocycles. The first-order valence-electron chi connectivity index (χ1n) is 5.26. The van der Waals surface area contributed by atoms with E-state index in [-0.39, 0.29) is 0 Å². The van der Waals surface area contributed by atoms with Crippen molar-refractivity contribution in [2.75, 3.05) is 0 Å². The molecule has 92 valence electrons. The van der Waals surface area contributed by atoms with Crippen LogP contribution in [-0.4, -0.2) is 19.7 Å². The van der Waals surface area contributed by atoms with Gasteiger partial charge in [0.25, 0.3) is 0 Å². The van der Waals surface area contributed by atoms with E-state index in [0.29, 0.717) is 11.7 Å². The Kier molecular flexibility index (Phi) is 2.45. The fourth-order valence-corrected chi connectivity index (χ4v) is 2.10. The van der Waals surface area contributed by atoms with E-state index in [2.05, 4.69) is 19.6 Å². The van der Waals surface area contributed by atoms with Crippen molar-refractivity contribution in [3.8, 4) is 11.4 Å². The lowest BCUT2D eigenvalue weighted by Crippen LogP contribution is -1.95. The van der Waals surface area contributed by atoms with Gasteiger partial charge in [-0.3, -0.25) is 9.51 Å². The molecule has 1 aromatic carbocycles. The van der Waals surface area contributed by atoms with Gasteiger partial charge in [0.2, 0.25) is 0 Å². The Hall–Kier alpha value is -2.08. The van der Waals surface area contributed by atoms with Crippen molar-refractivity contribution in [2.24, 2.45) is 7.05 Å². The minimum Gasteiger partial charge on any atom is -0.330 e. The topological polar surface area (TPSA) is 76.7 Å². The highest BCUT2D eigenvalue weighted by Crippen LogP contribution is 2.22. The molecule has 6 nitrogen and oxygen atoms in total. The summed E-state index contributed by atoms with van der Waals surface area (Å²) in [4.78, 5) is 17.8. The van der Waals surface area contributed by atoms with Gasteiger partial charge in [0.15, 0.2) is 5.82 Å². The van der Waals surface area contributed by atoms with Crippen LogP contribution in [0.3, 0.4) is 0 Å². The van der Waals surface area contributed by atoms with Gasteiger partial charge in [0, 0.05) is 12.6 Å². The number of hydrogen-bond donors (Lipinski definition) is 1. The lowest BCUT2D eigenvalue weighted by Gasteiger charge is -1.99. The van der Waals surface area contributed by atoms with Crippen molar-refractivity contribution in [3.63, 3.8) is 0 Å². The van der Waals surface area contributed by atoms with Crippen molar-refractivity contribution in [1.82, 2.24) is 19.7 Å². The number of hydrogen-bond acceptors (Lipinski definition) is 4. The first-order chi connectivity index (χ1) is 8.69. The van der Waals surface area contributed by atoms with Crippen LogP contribution < -0.4 is 5.76 Å². The molecule has 0 bridgehead atoms. The third-order valence-corrected chi connectivity index (χ3v) is 3.05. The lowest BCUT2D eigenvalue weighted by atomic mass is 10.2. The number of imidazole rings is 1. The average molecular weight is 265 g/mol. The van der Waals surface area contributed by atoms with Gasteiger partial charge in [-0.25, -0.2) is 9.78 Å². The molecular formula is C11H9ClN4O2. The Morgan fingerprint density at radius 3 is 3.00 bits per heavy atom. The maximum Gasteiger partial charge on any atom is 0.439 e. The van der Waals surface area contributed by atoms with E-state index in [1.54, 1.807) is 0 Å². The van der Waals surface area contributed by atoms with Crippen molar-refractivity contribution in [2.45, 2.75) is 5.88 Å². The van der Waals surface area contributed by atoms with Crippen LogP contribution in [0.2, 0.25) is 0 Å². The molecule has 0 fully saturated rings. The van der Waals surface area contributed by atoms with Gasteiger partial charge in [0.05, 0.1) is 16.9 Å². The molecule has 0 radical (unpaired) electrons. The van der Waals surface area contributed by atoms with Gasteiger partial charge in [-0.05, 0) is 18.2 Å². The number of alkyl halides is 1. The SMILES string of the molecule is Cn1c(CCl)nc2ccc(-c3noc(=O)[nH]3)cc21. The van der Waals surface area contributed by atoms with Crippen molar-refractivity contribution in [3.05, 3.63) is 34.6 Å². The molecule has 0 aliphatic rings. The van der Waals surface area contributed by atoms with Crippen molar-refractivity contribution >= 4 is 22.6 Å². The summed E-state index contributed by atoms with van der Waals surface area (Å²) in [5.74, 6) is 0.964. The zero-order chi connectivity index (χ0) is 12.7. The van der Waals surface area contributed by atoms with Crippen LogP contribution in [-0.2, 0) is 12.9 Å². The molecule has 2 aromatic heterocycles. The number of nitrogens with one attached hydrogen (secondary N) is 1. The largest absolute Gasteiger partial charge is 0.439 e. The number of nitrogens with zero attached hydrogens (tertiary/aromatic N) is 3. The van der Waals surface area contributed by atoms with E-state index < -0.39 is 5.76 Å². The number of H-pyrrole nitrogens is 1. The van der Waals surface area contributed by atoms with E-state index >= 15 is 0 Å². The van der Waals surface area contributed by atoms with Crippen LogP contribution in [0.25, 0.3) is 22.4 Å². The molecule has 1 N–H and O–H groups in total. The van der Waals surface area contributed by atoms with Crippen LogP contribution in [0.5, 0.6) is 0 Å². The Balaban J connectivity index is 2.21. The molecule has 3 aromatic rings. The van der Waals surface area contributed by atoms with Crippen LogP contribution in [0.4, 0.5) is 0 Å². The molecule has 0 atom stereocenters. The second-order valence-electron chi connectivity index (χ2n) is 3.87. The Labute approximate surface area is 106 Å². The molecule has 0 saturated carbocycles. The van der Waals surface area contributed by atoms with Gasteiger partial charge in [0.1, 0.15) is 5.82 Å². The number of aromatic nitrogens is 4. The van der Waals surface area contributed by atoms with Crippen LogP contribution in [0.15, 0.2) is 27.5 Å². The molecule has 7 heteroatoms. The summed E-state index contributed by atoms with van der Waals surface area (Å²) < 4.78 is 6.39. The summed E-state index contributed by atoms with van der Waals surface area (Å²) in [5, 5.41) is 3.65. The smallest absolute Gasteiger partial charge is 0.330 e. The summed E-state index contributed by atoms with van der Waals surface area (Å²) >= 11 is 5.81. The number of halogens is 1. The normalized spacial score (nSPS) is 11.2. The third kappa shape index (κ3) is 1.62. The predicted octanol–water partition coefficient (Wildman–Crippen LogP) is 1.66. The second kappa shape index (κ2) is 3.99. The highest BCUT2D eigenvalue weighted by Gasteiger charge is 2.10. The van der Waals surface area contributed by atoms with E-state index in [4.69, 9.17) is 11.6 Å². The molecule has 3 rings (SSSR count). The molecule has 2 heterocycles. The third-order valence-electron chi connectivity index (χ3n) is 2.81.